The van der Waals surface area contributed by atoms with Crippen LogP contribution >= 0.6 is 0 Å². The molecule has 0 heterocycles. The van der Waals surface area contributed by atoms with Gasteiger partial charge in [-0.2, -0.15) is 0 Å². The van der Waals surface area contributed by atoms with Gasteiger partial charge >= 0.3 is 0 Å². The van der Waals surface area contributed by atoms with Gasteiger partial charge in [-0.15, -0.1) is 0 Å². The van der Waals surface area contributed by atoms with E-state index in [9.17, 15) is 18.0 Å². The number of hydrogen-bond acceptors (Lipinski definition) is 4. The van der Waals surface area contributed by atoms with Crippen molar-refractivity contribution in [1.82, 2.24) is 10.2 Å². The number of rotatable bonds is 11. The standard InChI is InChI=1S/C31H39N3O4S/c1-7-25(5)32-31(36)26(6)33(20-27-11-9-8-10-12-27)30(35)21-34(29-19-23(3)13-16-24(29)4)39(37,38)28-17-14-22(2)15-18-28/h8-19,25-26H,7,20-21H2,1-6H3,(H,32,36). The first-order valence-electron chi connectivity index (χ1n) is 13.2. The second kappa shape index (κ2) is 12.9. The third-order valence-corrected chi connectivity index (χ3v) is 8.66. The van der Waals surface area contributed by atoms with Crippen LogP contribution in [0.5, 0.6) is 0 Å². The Morgan fingerprint density at radius 1 is 0.872 bits per heavy atom. The Hall–Kier alpha value is -3.65. The van der Waals surface area contributed by atoms with Gasteiger partial charge < -0.3 is 10.2 Å². The number of hydrogen-bond donors (Lipinski definition) is 1. The van der Waals surface area contributed by atoms with Crippen molar-refractivity contribution < 1.29 is 18.0 Å². The molecule has 0 aliphatic rings. The largest absolute Gasteiger partial charge is 0.352 e. The Balaban J connectivity index is 2.05. The van der Waals surface area contributed by atoms with Crippen molar-refractivity contribution in [2.45, 2.75) is 71.5 Å². The number of carbonyl (C=O) groups is 2. The zero-order chi connectivity index (χ0) is 28.7. The van der Waals surface area contributed by atoms with Crippen molar-refractivity contribution in [1.29, 1.82) is 0 Å². The van der Waals surface area contributed by atoms with E-state index >= 15 is 0 Å². The maximum absolute atomic E-state index is 14.0. The zero-order valence-electron chi connectivity index (χ0n) is 23.6. The average molecular weight is 550 g/mol. The van der Waals surface area contributed by atoms with Crippen molar-refractivity contribution in [3.8, 4) is 0 Å². The van der Waals surface area contributed by atoms with Crippen LogP contribution in [0.1, 0.15) is 49.4 Å². The molecule has 0 spiro atoms. The molecule has 0 aromatic heterocycles. The topological polar surface area (TPSA) is 86.8 Å². The summed E-state index contributed by atoms with van der Waals surface area (Å²) >= 11 is 0. The molecule has 2 amide bonds. The number of nitrogens with zero attached hydrogens (tertiary/aromatic N) is 2. The highest BCUT2D eigenvalue weighted by Gasteiger charge is 2.33. The van der Waals surface area contributed by atoms with E-state index in [2.05, 4.69) is 5.32 Å². The fraction of sp³-hybridized carbons (Fsp3) is 0.355. The van der Waals surface area contributed by atoms with Gasteiger partial charge in [0, 0.05) is 12.6 Å². The lowest BCUT2D eigenvalue weighted by atomic mass is 10.1. The van der Waals surface area contributed by atoms with Gasteiger partial charge in [0.25, 0.3) is 10.0 Å². The van der Waals surface area contributed by atoms with E-state index in [1.807, 2.05) is 77.1 Å². The molecule has 3 rings (SSSR count). The molecular weight excluding hydrogens is 510 g/mol. The predicted octanol–water partition coefficient (Wildman–Crippen LogP) is 5.14. The van der Waals surface area contributed by atoms with E-state index in [1.54, 1.807) is 37.3 Å². The Morgan fingerprint density at radius 3 is 2.10 bits per heavy atom. The van der Waals surface area contributed by atoms with Gasteiger partial charge in [-0.25, -0.2) is 8.42 Å². The van der Waals surface area contributed by atoms with Gasteiger partial charge in [0.2, 0.25) is 11.8 Å². The lowest BCUT2D eigenvalue weighted by Crippen LogP contribution is -2.52. The minimum atomic E-state index is -4.10. The number of carbonyl (C=O) groups excluding carboxylic acids is 2. The fourth-order valence-corrected chi connectivity index (χ4v) is 5.64. The summed E-state index contributed by atoms with van der Waals surface area (Å²) in [6.07, 6.45) is 0.750. The highest BCUT2D eigenvalue weighted by Crippen LogP contribution is 2.28. The highest BCUT2D eigenvalue weighted by molar-refractivity contribution is 7.92. The molecule has 0 saturated heterocycles. The summed E-state index contributed by atoms with van der Waals surface area (Å²) in [4.78, 5) is 28.7. The van der Waals surface area contributed by atoms with E-state index in [0.717, 1.165) is 28.7 Å². The van der Waals surface area contributed by atoms with Gasteiger partial charge in [0.1, 0.15) is 12.6 Å². The van der Waals surface area contributed by atoms with E-state index < -0.39 is 28.5 Å². The van der Waals surface area contributed by atoms with Crippen LogP contribution in [-0.2, 0) is 26.2 Å². The smallest absolute Gasteiger partial charge is 0.264 e. The second-order valence-electron chi connectivity index (χ2n) is 10.1. The van der Waals surface area contributed by atoms with Crippen molar-refractivity contribution in [3.63, 3.8) is 0 Å². The van der Waals surface area contributed by atoms with Crippen molar-refractivity contribution in [2.24, 2.45) is 0 Å². The molecule has 7 nitrogen and oxygen atoms in total. The van der Waals surface area contributed by atoms with Crippen LogP contribution in [0.4, 0.5) is 5.69 Å². The summed E-state index contributed by atoms with van der Waals surface area (Å²) < 4.78 is 29.1. The SMILES string of the molecule is CCC(C)NC(=O)C(C)N(Cc1ccccc1)C(=O)CN(c1cc(C)ccc1C)S(=O)(=O)c1ccc(C)cc1. The first-order chi connectivity index (χ1) is 18.4. The van der Waals surface area contributed by atoms with Crippen LogP contribution in [-0.4, -0.2) is 43.8 Å². The molecule has 2 unspecified atom stereocenters. The maximum Gasteiger partial charge on any atom is 0.264 e. The maximum atomic E-state index is 14.0. The van der Waals surface area contributed by atoms with Gasteiger partial charge in [-0.05, 0) is 75.9 Å². The summed E-state index contributed by atoms with van der Waals surface area (Å²) in [6, 6.07) is 20.6. The first-order valence-corrected chi connectivity index (χ1v) is 14.7. The van der Waals surface area contributed by atoms with Crippen molar-refractivity contribution >= 4 is 27.5 Å². The lowest BCUT2D eigenvalue weighted by molar-refractivity contribution is -0.139. The normalized spacial score (nSPS) is 12.9. The van der Waals surface area contributed by atoms with E-state index in [-0.39, 0.29) is 23.4 Å². The van der Waals surface area contributed by atoms with Crippen molar-refractivity contribution in [3.05, 3.63) is 95.1 Å². The number of nitrogens with one attached hydrogen (secondary N) is 1. The molecule has 208 valence electrons. The molecule has 2 atom stereocenters. The Kier molecular flexibility index (Phi) is 9.92. The summed E-state index contributed by atoms with van der Waals surface area (Å²) in [5, 5.41) is 2.95. The third-order valence-electron chi connectivity index (χ3n) is 6.89. The van der Waals surface area contributed by atoms with E-state index in [0.29, 0.717) is 5.69 Å². The van der Waals surface area contributed by atoms with Crippen LogP contribution in [0.25, 0.3) is 0 Å². The van der Waals surface area contributed by atoms with Crippen LogP contribution in [0.15, 0.2) is 77.7 Å². The van der Waals surface area contributed by atoms with E-state index in [4.69, 9.17) is 0 Å². The predicted molar refractivity (Wildman–Crippen MR) is 156 cm³/mol. The number of anilines is 1. The average Bonchev–Trinajstić information content (AvgIpc) is 2.91. The molecule has 0 bridgehead atoms. The van der Waals surface area contributed by atoms with E-state index in [1.165, 1.54) is 9.21 Å². The Morgan fingerprint density at radius 2 is 1.49 bits per heavy atom. The molecule has 3 aromatic rings. The molecular formula is C31H39N3O4S. The minimum Gasteiger partial charge on any atom is -0.352 e. The fourth-order valence-electron chi connectivity index (χ4n) is 4.17. The molecule has 0 saturated carbocycles. The molecule has 0 radical (unpaired) electrons. The van der Waals surface area contributed by atoms with Gasteiger partial charge in [0.05, 0.1) is 10.6 Å². The van der Waals surface area contributed by atoms with Crippen LogP contribution < -0.4 is 9.62 Å². The monoisotopic (exact) mass is 549 g/mol. The lowest BCUT2D eigenvalue weighted by Gasteiger charge is -2.33. The van der Waals surface area contributed by atoms with Gasteiger partial charge in [0.15, 0.2) is 0 Å². The number of aryl methyl sites for hydroxylation is 3. The number of sulfonamides is 1. The summed E-state index contributed by atoms with van der Waals surface area (Å²) in [7, 11) is -4.10. The minimum absolute atomic E-state index is 0.0537. The van der Waals surface area contributed by atoms with Crippen LogP contribution in [0.2, 0.25) is 0 Å². The molecule has 0 fully saturated rings. The second-order valence-corrected chi connectivity index (χ2v) is 12.0. The summed E-state index contributed by atoms with van der Waals surface area (Å²) in [5.74, 6) is -0.754. The van der Waals surface area contributed by atoms with Gasteiger partial charge in [-0.1, -0.05) is 67.1 Å². The summed E-state index contributed by atoms with van der Waals surface area (Å²) in [6.45, 7) is 10.9. The molecule has 3 aromatic carbocycles. The molecule has 8 heteroatoms. The quantitative estimate of drug-likeness (QED) is 0.359. The number of benzene rings is 3. The Bertz CT molecular complexity index is 1390. The highest BCUT2D eigenvalue weighted by atomic mass is 32.2. The summed E-state index contributed by atoms with van der Waals surface area (Å²) in [5.41, 5.74) is 3.79. The van der Waals surface area contributed by atoms with Crippen LogP contribution in [0, 0.1) is 20.8 Å². The molecule has 39 heavy (non-hydrogen) atoms. The van der Waals surface area contributed by atoms with Crippen LogP contribution in [0.3, 0.4) is 0 Å². The van der Waals surface area contributed by atoms with Gasteiger partial charge in [-0.3, -0.25) is 13.9 Å². The first kappa shape index (κ1) is 29.9. The Labute approximate surface area is 232 Å². The number of amides is 2. The molecule has 0 aliphatic carbocycles. The molecule has 0 aliphatic heterocycles. The molecule has 1 N–H and O–H groups in total. The third kappa shape index (κ3) is 7.47. The van der Waals surface area contributed by atoms with Crippen molar-refractivity contribution in [2.75, 3.05) is 10.8 Å². The zero-order valence-corrected chi connectivity index (χ0v) is 24.5.